The Hall–Kier alpha value is -1.69. The lowest BCUT2D eigenvalue weighted by atomic mass is 10.0. The molecule has 4 rings (SSSR count). The van der Waals surface area contributed by atoms with Gasteiger partial charge in [0.15, 0.2) is 0 Å². The van der Waals surface area contributed by atoms with E-state index in [-0.39, 0.29) is 6.10 Å². The molecular formula is C21H30N4O. The number of imidazole rings is 1. The van der Waals surface area contributed by atoms with Gasteiger partial charge in [0, 0.05) is 50.7 Å². The minimum atomic E-state index is 0.0782. The number of rotatable bonds is 6. The van der Waals surface area contributed by atoms with Crippen molar-refractivity contribution < 1.29 is 4.74 Å². The molecule has 0 unspecified atom stereocenters. The van der Waals surface area contributed by atoms with Crippen molar-refractivity contribution in [2.75, 3.05) is 19.7 Å². The second kappa shape index (κ2) is 8.33. The Morgan fingerprint density at radius 2 is 2.12 bits per heavy atom. The first-order valence-electron chi connectivity index (χ1n) is 9.98. The Labute approximate surface area is 156 Å². The van der Waals surface area contributed by atoms with Crippen molar-refractivity contribution in [2.45, 2.75) is 57.5 Å². The summed E-state index contributed by atoms with van der Waals surface area (Å²) in [6, 6.07) is 11.7. The summed E-state index contributed by atoms with van der Waals surface area (Å²) in [6.45, 7) is 7.27. The van der Waals surface area contributed by atoms with Crippen molar-refractivity contribution in [3.05, 3.63) is 54.1 Å². The Morgan fingerprint density at radius 3 is 2.96 bits per heavy atom. The molecular weight excluding hydrogens is 324 g/mol. The highest BCUT2D eigenvalue weighted by atomic mass is 16.5. The first-order valence-corrected chi connectivity index (χ1v) is 9.98. The summed E-state index contributed by atoms with van der Waals surface area (Å²) in [5.41, 5.74) is 1.40. The Kier molecular flexibility index (Phi) is 5.68. The standard InChI is InChI=1S/C21H30N4O/c1-2-25-13-11-22-21(25)20-19(10-14-26-20)23-18-9-6-12-24(16-18)15-17-7-4-3-5-8-17/h3-5,7-8,11,13,18-20,23H,2,6,9-10,12,14-16H2,1H3/t18-,19+,20+/m1/s1. The summed E-state index contributed by atoms with van der Waals surface area (Å²) in [5.74, 6) is 1.07. The highest BCUT2D eigenvalue weighted by Gasteiger charge is 2.34. The maximum atomic E-state index is 6.06. The van der Waals surface area contributed by atoms with Crippen LogP contribution in [0.25, 0.3) is 0 Å². The van der Waals surface area contributed by atoms with Crippen LogP contribution in [0.3, 0.4) is 0 Å². The van der Waals surface area contributed by atoms with Crippen LogP contribution in [0.1, 0.15) is 43.7 Å². The van der Waals surface area contributed by atoms with Crippen LogP contribution < -0.4 is 5.32 Å². The van der Waals surface area contributed by atoms with Crippen molar-refractivity contribution in [3.63, 3.8) is 0 Å². The van der Waals surface area contributed by atoms with Gasteiger partial charge in [0.25, 0.3) is 0 Å². The largest absolute Gasteiger partial charge is 0.369 e. The molecule has 26 heavy (non-hydrogen) atoms. The molecule has 2 aromatic rings. The number of ether oxygens (including phenoxy) is 1. The van der Waals surface area contributed by atoms with Crippen molar-refractivity contribution in [1.29, 1.82) is 0 Å². The first kappa shape index (κ1) is 17.7. The number of nitrogens with one attached hydrogen (secondary N) is 1. The van der Waals surface area contributed by atoms with Crippen molar-refractivity contribution in [2.24, 2.45) is 0 Å². The third kappa shape index (κ3) is 4.00. The highest BCUT2D eigenvalue weighted by Crippen LogP contribution is 2.29. The van der Waals surface area contributed by atoms with Gasteiger partial charge in [-0.15, -0.1) is 0 Å². The van der Waals surface area contributed by atoms with Crippen molar-refractivity contribution in [1.82, 2.24) is 19.8 Å². The Morgan fingerprint density at radius 1 is 1.23 bits per heavy atom. The van der Waals surface area contributed by atoms with E-state index < -0.39 is 0 Å². The maximum absolute atomic E-state index is 6.06. The molecule has 0 radical (unpaired) electrons. The molecule has 0 spiro atoms. The van der Waals surface area contributed by atoms with E-state index in [2.05, 4.69) is 63.2 Å². The fraction of sp³-hybridized carbons (Fsp3) is 0.571. The minimum Gasteiger partial charge on any atom is -0.369 e. The quantitative estimate of drug-likeness (QED) is 0.866. The minimum absolute atomic E-state index is 0.0782. The van der Waals surface area contributed by atoms with E-state index in [1.165, 1.54) is 24.9 Å². The van der Waals surface area contributed by atoms with Gasteiger partial charge in [-0.3, -0.25) is 4.90 Å². The molecule has 1 aromatic carbocycles. The molecule has 3 atom stereocenters. The lowest BCUT2D eigenvalue weighted by Gasteiger charge is -2.35. The van der Waals surface area contributed by atoms with Gasteiger partial charge in [0.05, 0.1) is 0 Å². The molecule has 0 saturated carbocycles. The lowest BCUT2D eigenvalue weighted by molar-refractivity contribution is 0.0813. The molecule has 2 fully saturated rings. The van der Waals surface area contributed by atoms with E-state index in [1.54, 1.807) is 0 Å². The van der Waals surface area contributed by atoms with Gasteiger partial charge in [0.2, 0.25) is 0 Å². The average molecular weight is 354 g/mol. The molecule has 5 nitrogen and oxygen atoms in total. The third-order valence-electron chi connectivity index (χ3n) is 5.64. The van der Waals surface area contributed by atoms with E-state index in [4.69, 9.17) is 4.74 Å². The average Bonchev–Trinajstić information content (AvgIpc) is 3.31. The van der Waals surface area contributed by atoms with Crippen LogP contribution in [0, 0.1) is 0 Å². The molecule has 0 amide bonds. The number of hydrogen-bond donors (Lipinski definition) is 1. The molecule has 1 aromatic heterocycles. The number of benzene rings is 1. The number of aromatic nitrogens is 2. The second-order valence-corrected chi connectivity index (χ2v) is 7.48. The smallest absolute Gasteiger partial charge is 0.139 e. The lowest BCUT2D eigenvalue weighted by Crippen LogP contribution is -2.49. The maximum Gasteiger partial charge on any atom is 0.139 e. The van der Waals surface area contributed by atoms with Gasteiger partial charge < -0.3 is 14.6 Å². The van der Waals surface area contributed by atoms with Crippen LogP contribution in [0.2, 0.25) is 0 Å². The zero-order chi connectivity index (χ0) is 17.8. The van der Waals surface area contributed by atoms with Crippen LogP contribution in [0.5, 0.6) is 0 Å². The van der Waals surface area contributed by atoms with Crippen LogP contribution in [-0.2, 0) is 17.8 Å². The number of nitrogens with zero attached hydrogens (tertiary/aromatic N) is 3. The SMILES string of the molecule is CCn1ccnc1[C@H]1OCC[C@@H]1N[C@@H]1CCCN(Cc2ccccc2)C1. The molecule has 2 aliphatic rings. The van der Waals surface area contributed by atoms with Crippen LogP contribution in [0.4, 0.5) is 0 Å². The summed E-state index contributed by atoms with van der Waals surface area (Å²) >= 11 is 0. The van der Waals surface area contributed by atoms with Crippen LogP contribution in [-0.4, -0.2) is 46.2 Å². The summed E-state index contributed by atoms with van der Waals surface area (Å²) in [4.78, 5) is 7.15. The summed E-state index contributed by atoms with van der Waals surface area (Å²) in [7, 11) is 0. The third-order valence-corrected chi connectivity index (χ3v) is 5.64. The van der Waals surface area contributed by atoms with E-state index >= 15 is 0 Å². The number of likely N-dealkylation sites (tertiary alicyclic amines) is 1. The van der Waals surface area contributed by atoms with Crippen LogP contribution in [0.15, 0.2) is 42.7 Å². The van der Waals surface area contributed by atoms with Gasteiger partial charge >= 0.3 is 0 Å². The summed E-state index contributed by atoms with van der Waals surface area (Å²) in [6.07, 6.45) is 7.59. The number of hydrogen-bond acceptors (Lipinski definition) is 4. The van der Waals surface area contributed by atoms with Gasteiger partial charge in [0.1, 0.15) is 11.9 Å². The van der Waals surface area contributed by atoms with E-state index in [0.29, 0.717) is 12.1 Å². The first-order chi connectivity index (χ1) is 12.8. The molecule has 5 heteroatoms. The van der Waals surface area contributed by atoms with Gasteiger partial charge in [-0.1, -0.05) is 30.3 Å². The van der Waals surface area contributed by atoms with Gasteiger partial charge in [-0.2, -0.15) is 0 Å². The Bertz CT molecular complexity index is 686. The fourth-order valence-electron chi connectivity index (χ4n) is 4.34. The summed E-state index contributed by atoms with van der Waals surface area (Å²) < 4.78 is 8.26. The normalized spacial score (nSPS) is 27.0. The molecule has 0 bridgehead atoms. The van der Waals surface area contributed by atoms with Gasteiger partial charge in [-0.05, 0) is 38.3 Å². The summed E-state index contributed by atoms with van der Waals surface area (Å²) in [5, 5.41) is 3.90. The second-order valence-electron chi connectivity index (χ2n) is 7.48. The predicted octanol–water partition coefficient (Wildman–Crippen LogP) is 2.99. The number of aryl methyl sites for hydroxylation is 1. The molecule has 2 aliphatic heterocycles. The molecule has 3 heterocycles. The van der Waals surface area contributed by atoms with E-state index in [0.717, 1.165) is 38.5 Å². The molecule has 1 N–H and O–H groups in total. The highest BCUT2D eigenvalue weighted by molar-refractivity contribution is 5.14. The van der Waals surface area contributed by atoms with Gasteiger partial charge in [-0.25, -0.2) is 4.98 Å². The molecule has 2 saturated heterocycles. The zero-order valence-corrected chi connectivity index (χ0v) is 15.7. The van der Waals surface area contributed by atoms with Crippen molar-refractivity contribution >= 4 is 0 Å². The Balaban J connectivity index is 1.37. The van der Waals surface area contributed by atoms with E-state index in [1.807, 2.05) is 6.20 Å². The fourth-order valence-corrected chi connectivity index (χ4v) is 4.34. The van der Waals surface area contributed by atoms with Crippen molar-refractivity contribution in [3.8, 4) is 0 Å². The topological polar surface area (TPSA) is 42.3 Å². The molecule has 0 aliphatic carbocycles. The monoisotopic (exact) mass is 354 g/mol. The number of piperidine rings is 1. The zero-order valence-electron chi connectivity index (χ0n) is 15.7. The molecule has 140 valence electrons. The predicted molar refractivity (Wildman–Crippen MR) is 103 cm³/mol. The van der Waals surface area contributed by atoms with Crippen LogP contribution >= 0.6 is 0 Å². The van der Waals surface area contributed by atoms with E-state index in [9.17, 15) is 0 Å².